The van der Waals surface area contributed by atoms with Crippen molar-refractivity contribution >= 4 is 28.6 Å². The topological polar surface area (TPSA) is 82.9 Å². The van der Waals surface area contributed by atoms with Gasteiger partial charge in [0.2, 0.25) is 0 Å². The summed E-state index contributed by atoms with van der Waals surface area (Å²) in [5.41, 5.74) is -0.385. The fraction of sp³-hybridized carbons (Fsp3) is 0.381. The number of rotatable bonds is 6. The zero-order valence-corrected chi connectivity index (χ0v) is 16.7. The van der Waals surface area contributed by atoms with Crippen molar-refractivity contribution in [3.63, 3.8) is 0 Å². The molecule has 1 saturated heterocycles. The Bertz CT molecular complexity index is 927. The predicted octanol–water partition coefficient (Wildman–Crippen LogP) is 0.604. The van der Waals surface area contributed by atoms with Gasteiger partial charge in [-0.05, 0) is 43.2 Å². The molecule has 1 fully saturated rings. The lowest BCUT2D eigenvalue weighted by molar-refractivity contribution is -0.879. The van der Waals surface area contributed by atoms with E-state index in [1.165, 1.54) is 4.90 Å². The third-order valence-corrected chi connectivity index (χ3v) is 4.94. The van der Waals surface area contributed by atoms with Gasteiger partial charge in [0.05, 0.1) is 7.05 Å². The van der Waals surface area contributed by atoms with Gasteiger partial charge >= 0.3 is 6.03 Å². The Morgan fingerprint density at radius 3 is 2.54 bits per heavy atom. The van der Waals surface area contributed by atoms with Crippen molar-refractivity contribution < 1.29 is 19.3 Å². The zero-order valence-electron chi connectivity index (χ0n) is 16.7. The number of amides is 4. The van der Waals surface area contributed by atoms with Crippen molar-refractivity contribution in [2.45, 2.75) is 32.4 Å². The highest BCUT2D eigenvalue weighted by molar-refractivity contribution is 6.07. The summed E-state index contributed by atoms with van der Waals surface area (Å²) in [6.07, 6.45) is 0. The van der Waals surface area contributed by atoms with Gasteiger partial charge in [-0.1, -0.05) is 36.4 Å². The number of imide groups is 1. The number of hydrogen-bond donors (Lipinski definition) is 3. The SMILES string of the molecule is CC(C)NC(=O)C[NH+](C)CN1C(=O)N[C@@](C)(c2ccc3ccccc3c2)C1=O. The normalized spacial score (nSPS) is 20.5. The second kappa shape index (κ2) is 7.59. The van der Waals surface area contributed by atoms with Crippen LogP contribution in [0.2, 0.25) is 0 Å². The highest BCUT2D eigenvalue weighted by Crippen LogP contribution is 2.30. The van der Waals surface area contributed by atoms with Crippen LogP contribution in [0.15, 0.2) is 42.5 Å². The molecule has 0 aliphatic carbocycles. The summed E-state index contributed by atoms with van der Waals surface area (Å²) in [6.45, 7) is 5.80. The minimum absolute atomic E-state index is 0.0493. The number of carbonyl (C=O) groups is 3. The van der Waals surface area contributed by atoms with Gasteiger partial charge in [0.25, 0.3) is 11.8 Å². The lowest BCUT2D eigenvalue weighted by Crippen LogP contribution is -3.12. The first kappa shape index (κ1) is 19.8. The first-order valence-corrected chi connectivity index (χ1v) is 9.45. The average molecular weight is 383 g/mol. The molecule has 0 spiro atoms. The van der Waals surface area contributed by atoms with E-state index in [4.69, 9.17) is 0 Å². The van der Waals surface area contributed by atoms with Gasteiger partial charge in [-0.25, -0.2) is 9.69 Å². The third kappa shape index (κ3) is 3.84. The Kier molecular flexibility index (Phi) is 5.38. The summed E-state index contributed by atoms with van der Waals surface area (Å²) in [6, 6.07) is 13.2. The lowest BCUT2D eigenvalue weighted by Gasteiger charge is -2.23. The van der Waals surface area contributed by atoms with Gasteiger partial charge in [-0.2, -0.15) is 0 Å². The van der Waals surface area contributed by atoms with E-state index in [1.54, 1.807) is 14.0 Å². The first-order valence-electron chi connectivity index (χ1n) is 9.45. The van der Waals surface area contributed by atoms with Crippen LogP contribution < -0.4 is 15.5 Å². The van der Waals surface area contributed by atoms with Gasteiger partial charge in [-0.15, -0.1) is 0 Å². The Morgan fingerprint density at radius 2 is 1.86 bits per heavy atom. The summed E-state index contributed by atoms with van der Waals surface area (Å²) >= 11 is 0. The van der Waals surface area contributed by atoms with Crippen molar-refractivity contribution in [2.24, 2.45) is 0 Å². The van der Waals surface area contributed by atoms with E-state index in [9.17, 15) is 14.4 Å². The number of fused-ring (bicyclic) bond motifs is 1. The van der Waals surface area contributed by atoms with Crippen molar-refractivity contribution in [3.05, 3.63) is 48.0 Å². The maximum atomic E-state index is 13.1. The number of benzene rings is 2. The van der Waals surface area contributed by atoms with Gasteiger partial charge in [0.1, 0.15) is 5.54 Å². The molecule has 0 saturated carbocycles. The fourth-order valence-corrected chi connectivity index (χ4v) is 3.51. The number of quaternary nitrogens is 1. The molecule has 3 rings (SSSR count). The molecule has 7 heteroatoms. The number of carbonyl (C=O) groups excluding carboxylic acids is 3. The van der Waals surface area contributed by atoms with Crippen LogP contribution in [0.3, 0.4) is 0 Å². The Labute approximate surface area is 164 Å². The maximum absolute atomic E-state index is 13.1. The van der Waals surface area contributed by atoms with Crippen LogP contribution in [-0.4, -0.2) is 49.0 Å². The van der Waals surface area contributed by atoms with Crippen LogP contribution >= 0.6 is 0 Å². The second-order valence-electron chi connectivity index (χ2n) is 7.86. The van der Waals surface area contributed by atoms with Gasteiger partial charge in [-0.3, -0.25) is 9.59 Å². The molecule has 0 bridgehead atoms. The van der Waals surface area contributed by atoms with Crippen molar-refractivity contribution in [1.29, 1.82) is 0 Å². The van der Waals surface area contributed by atoms with Gasteiger partial charge in [0.15, 0.2) is 13.2 Å². The summed E-state index contributed by atoms with van der Waals surface area (Å²) in [5.74, 6) is -0.423. The van der Waals surface area contributed by atoms with Gasteiger partial charge < -0.3 is 15.5 Å². The molecule has 148 valence electrons. The number of likely N-dealkylation sites (N-methyl/N-ethyl adjacent to an activating group) is 1. The van der Waals surface area contributed by atoms with Gasteiger partial charge in [0, 0.05) is 6.04 Å². The largest absolute Gasteiger partial charge is 0.349 e. The van der Waals surface area contributed by atoms with Crippen LogP contribution in [0, 0.1) is 0 Å². The van der Waals surface area contributed by atoms with Crippen LogP contribution in [-0.2, 0) is 15.1 Å². The number of nitrogens with one attached hydrogen (secondary N) is 3. The first-order chi connectivity index (χ1) is 13.2. The van der Waals surface area contributed by atoms with E-state index in [0.717, 1.165) is 21.2 Å². The molecule has 28 heavy (non-hydrogen) atoms. The molecule has 1 aliphatic rings. The molecule has 3 N–H and O–H groups in total. The summed E-state index contributed by atoms with van der Waals surface area (Å²) in [7, 11) is 1.78. The molecule has 7 nitrogen and oxygen atoms in total. The summed E-state index contributed by atoms with van der Waals surface area (Å²) in [4.78, 5) is 39.5. The maximum Gasteiger partial charge on any atom is 0.329 e. The van der Waals surface area contributed by atoms with Crippen LogP contribution in [0.4, 0.5) is 4.79 Å². The zero-order chi connectivity index (χ0) is 20.5. The minimum Gasteiger partial charge on any atom is -0.349 e. The Balaban J connectivity index is 1.77. The smallest absolute Gasteiger partial charge is 0.329 e. The van der Waals surface area contributed by atoms with E-state index in [-0.39, 0.29) is 31.1 Å². The molecule has 2 atom stereocenters. The number of hydrogen-bond acceptors (Lipinski definition) is 3. The summed E-state index contributed by atoms with van der Waals surface area (Å²) in [5, 5.41) is 7.72. The molecule has 4 amide bonds. The third-order valence-electron chi connectivity index (χ3n) is 4.94. The Hall–Kier alpha value is -2.93. The Morgan fingerprint density at radius 1 is 1.18 bits per heavy atom. The highest BCUT2D eigenvalue weighted by Gasteiger charge is 2.50. The molecule has 0 aromatic heterocycles. The fourth-order valence-electron chi connectivity index (χ4n) is 3.51. The molecular formula is C21H27N4O3+. The van der Waals surface area contributed by atoms with E-state index >= 15 is 0 Å². The minimum atomic E-state index is -1.12. The highest BCUT2D eigenvalue weighted by atomic mass is 16.2. The molecule has 2 aromatic rings. The molecule has 1 heterocycles. The quantitative estimate of drug-likeness (QED) is 0.639. The van der Waals surface area contributed by atoms with Crippen molar-refractivity contribution in [2.75, 3.05) is 20.3 Å². The van der Waals surface area contributed by atoms with E-state index in [0.29, 0.717) is 0 Å². The molecule has 1 aliphatic heterocycles. The van der Waals surface area contributed by atoms with Crippen LogP contribution in [0.5, 0.6) is 0 Å². The second-order valence-corrected chi connectivity index (χ2v) is 7.86. The molecular weight excluding hydrogens is 356 g/mol. The predicted molar refractivity (Wildman–Crippen MR) is 107 cm³/mol. The van der Waals surface area contributed by atoms with Crippen LogP contribution in [0.1, 0.15) is 26.3 Å². The summed E-state index contributed by atoms with van der Waals surface area (Å²) < 4.78 is 0. The molecule has 0 radical (unpaired) electrons. The van der Waals surface area contributed by atoms with Crippen molar-refractivity contribution in [3.8, 4) is 0 Å². The van der Waals surface area contributed by atoms with E-state index in [2.05, 4.69) is 10.6 Å². The van der Waals surface area contributed by atoms with Crippen molar-refractivity contribution in [1.82, 2.24) is 15.5 Å². The lowest BCUT2D eigenvalue weighted by atomic mass is 9.90. The van der Waals surface area contributed by atoms with Crippen LogP contribution in [0.25, 0.3) is 10.8 Å². The molecule has 1 unspecified atom stereocenters. The van der Waals surface area contributed by atoms with E-state index in [1.807, 2.05) is 56.3 Å². The standard InChI is InChI=1S/C21H26N4O3/c1-14(2)22-18(26)12-24(4)13-25-19(27)21(3,23-20(25)28)17-10-9-15-7-5-6-8-16(15)11-17/h5-11,14H,12-13H2,1-4H3,(H,22,26)(H,23,28)/p+1/t21-/m0/s1. The number of urea groups is 1. The number of nitrogens with zero attached hydrogens (tertiary/aromatic N) is 1. The molecule has 2 aromatic carbocycles. The average Bonchev–Trinajstić information content (AvgIpc) is 2.84. The van der Waals surface area contributed by atoms with E-state index < -0.39 is 11.6 Å². The monoisotopic (exact) mass is 383 g/mol.